The van der Waals surface area contributed by atoms with Crippen molar-refractivity contribution in [1.29, 1.82) is 0 Å². The van der Waals surface area contributed by atoms with Crippen LogP contribution < -0.4 is 15.4 Å². The number of hydrogen-bond donors (Lipinski definition) is 2. The Morgan fingerprint density at radius 3 is 2.60 bits per heavy atom. The molecule has 9 heteroatoms. The number of hydrogen-bond acceptors (Lipinski definition) is 7. The number of para-hydroxylation sites is 1. The van der Waals surface area contributed by atoms with E-state index in [1.165, 1.54) is 24.3 Å². The fourth-order valence-corrected chi connectivity index (χ4v) is 5.47. The number of ether oxygens (including phenoxy) is 1. The zero-order valence-corrected chi connectivity index (χ0v) is 16.1. The fraction of sp³-hybridized carbons (Fsp3) is 0.143. The Balaban J connectivity index is 1.64. The average molecular weight is 422 g/mol. The topological polar surface area (TPSA) is 127 Å². The minimum Gasteiger partial charge on any atom is -0.478 e. The molecule has 2 aromatic carbocycles. The molecular weight excluding hydrogens is 408 g/mol. The number of fused-ring (bicyclic) bond motifs is 5. The van der Waals surface area contributed by atoms with Crippen LogP contribution in [0.15, 0.2) is 59.1 Å². The highest BCUT2D eigenvalue weighted by molar-refractivity contribution is 8.04. The molecule has 0 aromatic heterocycles. The van der Waals surface area contributed by atoms with E-state index in [1.54, 1.807) is 24.3 Å². The van der Waals surface area contributed by atoms with Crippen molar-refractivity contribution in [3.05, 3.63) is 70.3 Å². The molecule has 30 heavy (non-hydrogen) atoms. The molecule has 2 aromatic rings. The van der Waals surface area contributed by atoms with E-state index in [0.29, 0.717) is 11.3 Å². The molecule has 8 nitrogen and oxygen atoms in total. The first-order valence-electron chi connectivity index (χ1n) is 9.07. The van der Waals surface area contributed by atoms with E-state index < -0.39 is 40.8 Å². The molecule has 3 atom stereocenters. The van der Waals surface area contributed by atoms with Crippen LogP contribution in [-0.4, -0.2) is 34.1 Å². The van der Waals surface area contributed by atoms with Gasteiger partial charge in [0.25, 0.3) is 0 Å². The number of benzene rings is 2. The van der Waals surface area contributed by atoms with E-state index in [4.69, 9.17) is 10.5 Å². The number of esters is 1. The Morgan fingerprint density at radius 2 is 1.83 bits per heavy atom. The van der Waals surface area contributed by atoms with Crippen molar-refractivity contribution in [2.75, 3.05) is 4.90 Å². The van der Waals surface area contributed by atoms with Gasteiger partial charge in [0.15, 0.2) is 0 Å². The van der Waals surface area contributed by atoms with E-state index in [-0.39, 0.29) is 21.9 Å². The second-order valence-electron chi connectivity index (χ2n) is 7.11. The Morgan fingerprint density at radius 1 is 1.07 bits per heavy atom. The Kier molecular flexibility index (Phi) is 3.97. The van der Waals surface area contributed by atoms with Crippen molar-refractivity contribution in [2.45, 2.75) is 11.2 Å². The lowest BCUT2D eigenvalue weighted by Gasteiger charge is -2.36. The van der Waals surface area contributed by atoms with Gasteiger partial charge < -0.3 is 15.6 Å². The van der Waals surface area contributed by atoms with Crippen LogP contribution in [0.1, 0.15) is 21.8 Å². The third-order valence-electron chi connectivity index (χ3n) is 5.51. The number of anilines is 1. The summed E-state index contributed by atoms with van der Waals surface area (Å²) in [6, 6.07) is 12.5. The lowest BCUT2D eigenvalue weighted by atomic mass is 9.77. The number of carboxylic acids is 1. The lowest BCUT2D eigenvalue weighted by molar-refractivity contribution is -0.131. The van der Waals surface area contributed by atoms with Crippen molar-refractivity contribution < 1.29 is 29.0 Å². The van der Waals surface area contributed by atoms with Gasteiger partial charge >= 0.3 is 11.9 Å². The Hall–Kier alpha value is -3.59. The number of thioether (sulfide) groups is 1. The average Bonchev–Trinajstić information content (AvgIpc) is 2.97. The highest BCUT2D eigenvalue weighted by Crippen LogP contribution is 2.54. The lowest BCUT2D eigenvalue weighted by Crippen LogP contribution is -2.39. The predicted molar refractivity (Wildman–Crippen MR) is 107 cm³/mol. The SMILES string of the molecule is NC1=C2C(=O)Oc3ccccc3[C@H]2[C@@H]2C(=O)N(c3cccc(C(=O)O)c3)C(=O)[C@H]2S1. The van der Waals surface area contributed by atoms with Gasteiger partial charge in [-0.05, 0) is 24.3 Å². The number of carbonyl (C=O) groups excluding carboxylic acids is 3. The van der Waals surface area contributed by atoms with Gasteiger partial charge in [-0.3, -0.25) is 9.59 Å². The number of nitrogens with zero attached hydrogens (tertiary/aromatic N) is 1. The summed E-state index contributed by atoms with van der Waals surface area (Å²) in [5, 5.41) is 8.59. The Bertz CT molecular complexity index is 1190. The van der Waals surface area contributed by atoms with Gasteiger partial charge in [0.2, 0.25) is 11.8 Å². The van der Waals surface area contributed by atoms with Gasteiger partial charge in [0.05, 0.1) is 27.8 Å². The summed E-state index contributed by atoms with van der Waals surface area (Å²) < 4.78 is 5.37. The molecule has 3 aliphatic heterocycles. The van der Waals surface area contributed by atoms with Gasteiger partial charge in [-0.15, -0.1) is 0 Å². The molecule has 2 amide bonds. The smallest absolute Gasteiger partial charge is 0.342 e. The predicted octanol–water partition coefficient (Wildman–Crippen LogP) is 1.86. The van der Waals surface area contributed by atoms with Crippen molar-refractivity contribution in [1.82, 2.24) is 0 Å². The summed E-state index contributed by atoms with van der Waals surface area (Å²) in [4.78, 5) is 51.5. The van der Waals surface area contributed by atoms with Crippen molar-refractivity contribution in [3.63, 3.8) is 0 Å². The van der Waals surface area contributed by atoms with Crippen LogP contribution in [0.3, 0.4) is 0 Å². The van der Waals surface area contributed by atoms with Gasteiger partial charge in [0.1, 0.15) is 11.0 Å². The number of nitrogens with two attached hydrogens (primary N) is 1. The first-order valence-corrected chi connectivity index (χ1v) is 9.95. The van der Waals surface area contributed by atoms with E-state index in [9.17, 15) is 24.3 Å². The molecule has 1 fully saturated rings. The molecule has 5 rings (SSSR count). The zero-order valence-electron chi connectivity index (χ0n) is 15.3. The zero-order chi connectivity index (χ0) is 21.2. The summed E-state index contributed by atoms with van der Waals surface area (Å²) in [6.45, 7) is 0. The first-order chi connectivity index (χ1) is 14.4. The molecule has 3 heterocycles. The summed E-state index contributed by atoms with van der Waals surface area (Å²) in [6.07, 6.45) is 0. The number of carboxylic acid groups (broad SMARTS) is 1. The molecule has 0 unspecified atom stereocenters. The molecular formula is C21H14N2O6S. The minimum atomic E-state index is -1.17. The second kappa shape index (κ2) is 6.46. The highest BCUT2D eigenvalue weighted by Gasteiger charge is 2.58. The largest absolute Gasteiger partial charge is 0.478 e. The first kappa shape index (κ1) is 18.4. The van der Waals surface area contributed by atoms with Crippen LogP contribution in [0, 0.1) is 5.92 Å². The molecule has 0 saturated carbocycles. The molecule has 3 N–H and O–H groups in total. The van der Waals surface area contributed by atoms with E-state index in [2.05, 4.69) is 0 Å². The number of imide groups is 1. The third kappa shape index (κ3) is 2.48. The summed E-state index contributed by atoms with van der Waals surface area (Å²) in [5.74, 6) is -4.02. The van der Waals surface area contributed by atoms with Gasteiger partial charge in [0, 0.05) is 11.5 Å². The summed E-state index contributed by atoms with van der Waals surface area (Å²) >= 11 is 0.970. The maximum absolute atomic E-state index is 13.4. The maximum atomic E-state index is 13.4. The second-order valence-corrected chi connectivity index (χ2v) is 8.30. The van der Waals surface area contributed by atoms with Gasteiger partial charge in [-0.2, -0.15) is 0 Å². The van der Waals surface area contributed by atoms with Crippen LogP contribution >= 0.6 is 11.8 Å². The Labute approximate surface area is 174 Å². The molecule has 1 saturated heterocycles. The third-order valence-corrected chi connectivity index (χ3v) is 6.74. The van der Waals surface area contributed by atoms with Crippen LogP contribution in [0.2, 0.25) is 0 Å². The van der Waals surface area contributed by atoms with Crippen LogP contribution in [0.25, 0.3) is 0 Å². The standard InChI is InChI=1S/C21H14N2O6S/c22-17-15-13(11-6-1-2-7-12(11)29-21(15)28)14-16(30-17)19(25)23(18(14)24)10-5-3-4-9(8-10)20(26)27/h1-8,13-14,16H,22H2,(H,26,27)/t13-,14-,16-/m0/s1. The minimum absolute atomic E-state index is 0.0412. The number of aromatic carboxylic acids is 1. The maximum Gasteiger partial charge on any atom is 0.342 e. The summed E-state index contributed by atoms with van der Waals surface area (Å²) in [5.41, 5.74) is 7.06. The summed E-state index contributed by atoms with van der Waals surface area (Å²) in [7, 11) is 0. The van der Waals surface area contributed by atoms with E-state index in [1.807, 2.05) is 0 Å². The fourth-order valence-electron chi connectivity index (χ4n) is 4.24. The normalized spacial score (nSPS) is 24.9. The molecule has 0 aliphatic carbocycles. The number of rotatable bonds is 2. The molecule has 0 spiro atoms. The number of carbonyl (C=O) groups is 4. The van der Waals surface area contributed by atoms with Crippen LogP contribution in [-0.2, 0) is 14.4 Å². The van der Waals surface area contributed by atoms with E-state index >= 15 is 0 Å². The van der Waals surface area contributed by atoms with Crippen LogP contribution in [0.5, 0.6) is 5.75 Å². The highest BCUT2D eigenvalue weighted by atomic mass is 32.2. The molecule has 0 bridgehead atoms. The van der Waals surface area contributed by atoms with Gasteiger partial charge in [-0.25, -0.2) is 14.5 Å². The van der Waals surface area contributed by atoms with Crippen molar-refractivity contribution in [3.8, 4) is 5.75 Å². The van der Waals surface area contributed by atoms with Crippen molar-refractivity contribution in [2.24, 2.45) is 11.7 Å². The van der Waals surface area contributed by atoms with Gasteiger partial charge in [-0.1, -0.05) is 36.0 Å². The molecule has 150 valence electrons. The van der Waals surface area contributed by atoms with Crippen LogP contribution in [0.4, 0.5) is 5.69 Å². The monoisotopic (exact) mass is 422 g/mol. The molecule has 0 radical (unpaired) electrons. The quantitative estimate of drug-likeness (QED) is 0.427. The van der Waals surface area contributed by atoms with Crippen molar-refractivity contribution >= 4 is 41.2 Å². The van der Waals surface area contributed by atoms with E-state index in [0.717, 1.165) is 16.7 Å². The molecule has 3 aliphatic rings. The number of amides is 2.